The molecule has 0 radical (unpaired) electrons. The third-order valence-corrected chi connectivity index (χ3v) is 3.32. The van der Waals surface area contributed by atoms with E-state index in [0.717, 1.165) is 6.54 Å². The van der Waals surface area contributed by atoms with Crippen LogP contribution in [0.4, 0.5) is 0 Å². The van der Waals surface area contributed by atoms with Gasteiger partial charge in [-0.1, -0.05) is 0 Å². The fraction of sp³-hybridized carbons (Fsp3) is 0.643. The summed E-state index contributed by atoms with van der Waals surface area (Å²) in [6.07, 6.45) is 1.74. The van der Waals surface area contributed by atoms with Gasteiger partial charge in [0.15, 0.2) is 0 Å². The molecule has 0 bridgehead atoms. The van der Waals surface area contributed by atoms with E-state index in [4.69, 9.17) is 13.9 Å². The molecule has 2 heterocycles. The highest BCUT2D eigenvalue weighted by molar-refractivity contribution is 5.90. The number of ether oxygens (including phenoxy) is 2. The molecule has 0 amide bonds. The predicted molar refractivity (Wildman–Crippen MR) is 70.0 cm³/mol. The first kappa shape index (κ1) is 14.1. The molecular formula is C14H21NO4. The maximum Gasteiger partial charge on any atom is 0.341 e. The van der Waals surface area contributed by atoms with Crippen molar-refractivity contribution in [3.8, 4) is 0 Å². The highest BCUT2D eigenvalue weighted by Gasteiger charge is 2.26. The first-order valence-electron chi connectivity index (χ1n) is 6.71. The van der Waals surface area contributed by atoms with Gasteiger partial charge in [-0.2, -0.15) is 0 Å². The zero-order valence-electron chi connectivity index (χ0n) is 11.7. The summed E-state index contributed by atoms with van der Waals surface area (Å²) in [7, 11) is 0. The van der Waals surface area contributed by atoms with Crippen molar-refractivity contribution in [3.05, 3.63) is 23.7 Å². The van der Waals surface area contributed by atoms with Gasteiger partial charge in [0.2, 0.25) is 0 Å². The van der Waals surface area contributed by atoms with Gasteiger partial charge in [0, 0.05) is 12.6 Å². The lowest BCUT2D eigenvalue weighted by Crippen LogP contribution is -2.46. The Balaban J connectivity index is 2.06. The summed E-state index contributed by atoms with van der Waals surface area (Å²) in [4.78, 5) is 14.0. The Morgan fingerprint density at radius 2 is 2.32 bits per heavy atom. The molecule has 0 unspecified atom stereocenters. The topological polar surface area (TPSA) is 51.9 Å². The molecule has 0 saturated carbocycles. The first-order valence-corrected chi connectivity index (χ1v) is 6.71. The Labute approximate surface area is 113 Å². The average molecular weight is 267 g/mol. The maximum atomic E-state index is 11.8. The molecule has 2 rings (SSSR count). The summed E-state index contributed by atoms with van der Waals surface area (Å²) < 4.78 is 16.0. The summed E-state index contributed by atoms with van der Waals surface area (Å²) in [5.74, 6) is 0.347. The molecule has 0 N–H and O–H groups in total. The minimum atomic E-state index is -0.319. The normalized spacial score (nSPS) is 24.4. The number of hydrogen-bond donors (Lipinski definition) is 0. The molecule has 0 aliphatic carbocycles. The molecule has 5 heteroatoms. The molecule has 5 nitrogen and oxygen atoms in total. The molecule has 1 aromatic heterocycles. The van der Waals surface area contributed by atoms with Crippen molar-refractivity contribution >= 4 is 5.97 Å². The Bertz CT molecular complexity index is 429. The Kier molecular flexibility index (Phi) is 4.61. The minimum Gasteiger partial charge on any atom is -0.467 e. The number of nitrogens with zero attached hydrogens (tertiary/aromatic N) is 1. The summed E-state index contributed by atoms with van der Waals surface area (Å²) in [6, 6.07) is 1.98. The predicted octanol–water partition coefficient (Wildman–Crippen LogP) is 2.07. The Morgan fingerprint density at radius 1 is 1.53 bits per heavy atom. The number of furan rings is 1. The van der Waals surface area contributed by atoms with E-state index in [9.17, 15) is 4.79 Å². The van der Waals surface area contributed by atoms with Crippen LogP contribution in [0, 0.1) is 0 Å². The van der Waals surface area contributed by atoms with Crippen molar-refractivity contribution in [1.29, 1.82) is 0 Å². The lowest BCUT2D eigenvalue weighted by atomic mass is 10.1. The Morgan fingerprint density at radius 3 is 3.05 bits per heavy atom. The fourth-order valence-electron chi connectivity index (χ4n) is 2.23. The zero-order chi connectivity index (χ0) is 13.8. The van der Waals surface area contributed by atoms with Crippen LogP contribution in [0.1, 0.15) is 36.9 Å². The summed E-state index contributed by atoms with van der Waals surface area (Å²) in [6.45, 7) is 8.47. The lowest BCUT2D eigenvalue weighted by Gasteiger charge is -2.36. The second-order valence-electron chi connectivity index (χ2n) is 4.90. The van der Waals surface area contributed by atoms with Gasteiger partial charge in [-0.25, -0.2) is 4.79 Å². The Hall–Kier alpha value is -1.33. The third-order valence-electron chi connectivity index (χ3n) is 3.32. The van der Waals surface area contributed by atoms with Gasteiger partial charge in [0.05, 0.1) is 32.1 Å². The molecule has 106 valence electrons. The highest BCUT2D eigenvalue weighted by Crippen LogP contribution is 2.19. The largest absolute Gasteiger partial charge is 0.467 e. The van der Waals surface area contributed by atoms with Crippen LogP contribution in [0.5, 0.6) is 0 Å². The van der Waals surface area contributed by atoms with Crippen molar-refractivity contribution in [3.63, 3.8) is 0 Å². The smallest absolute Gasteiger partial charge is 0.341 e. The monoisotopic (exact) mass is 267 g/mol. The van der Waals surface area contributed by atoms with E-state index in [-0.39, 0.29) is 12.1 Å². The standard InChI is InChI=1S/C14H21NO4/c1-4-17-14(16)12-5-6-18-13(12)8-15-7-11(3)19-9-10(15)2/h5-6,10-11H,4,7-9H2,1-3H3/t10-,11-/m1/s1. The quantitative estimate of drug-likeness (QED) is 0.782. The second-order valence-corrected chi connectivity index (χ2v) is 4.90. The molecule has 1 aliphatic heterocycles. The fourth-order valence-corrected chi connectivity index (χ4v) is 2.23. The van der Waals surface area contributed by atoms with Gasteiger partial charge in [-0.05, 0) is 26.8 Å². The van der Waals surface area contributed by atoms with Gasteiger partial charge in [0.1, 0.15) is 11.3 Å². The maximum absolute atomic E-state index is 11.8. The van der Waals surface area contributed by atoms with Crippen LogP contribution in [0.3, 0.4) is 0 Å². The summed E-state index contributed by atoms with van der Waals surface area (Å²) in [5, 5.41) is 0. The molecule has 2 atom stereocenters. The molecule has 1 aromatic rings. The SMILES string of the molecule is CCOC(=O)c1ccoc1CN1C[C@@H](C)OC[C@H]1C. The van der Waals surface area contributed by atoms with Crippen LogP contribution in [-0.2, 0) is 16.0 Å². The lowest BCUT2D eigenvalue weighted by molar-refractivity contribution is -0.0546. The van der Waals surface area contributed by atoms with Crippen LogP contribution in [0.15, 0.2) is 16.7 Å². The molecular weight excluding hydrogens is 246 g/mol. The molecule has 0 spiro atoms. The molecule has 1 aliphatic rings. The van der Waals surface area contributed by atoms with Crippen LogP contribution in [0.2, 0.25) is 0 Å². The van der Waals surface area contributed by atoms with Crippen LogP contribution in [0.25, 0.3) is 0 Å². The van der Waals surface area contributed by atoms with E-state index in [0.29, 0.717) is 37.1 Å². The van der Waals surface area contributed by atoms with Gasteiger partial charge >= 0.3 is 5.97 Å². The summed E-state index contributed by atoms with van der Waals surface area (Å²) >= 11 is 0. The first-order chi connectivity index (χ1) is 9.11. The number of morpholine rings is 1. The van der Waals surface area contributed by atoms with E-state index in [1.807, 2.05) is 6.92 Å². The molecule has 0 aromatic carbocycles. The van der Waals surface area contributed by atoms with E-state index >= 15 is 0 Å². The number of rotatable bonds is 4. The highest BCUT2D eigenvalue weighted by atomic mass is 16.5. The number of carbonyl (C=O) groups excluding carboxylic acids is 1. The van der Waals surface area contributed by atoms with E-state index in [1.54, 1.807) is 13.0 Å². The van der Waals surface area contributed by atoms with E-state index in [1.165, 1.54) is 6.26 Å². The van der Waals surface area contributed by atoms with E-state index in [2.05, 4.69) is 11.8 Å². The molecule has 19 heavy (non-hydrogen) atoms. The van der Waals surface area contributed by atoms with Gasteiger partial charge < -0.3 is 13.9 Å². The van der Waals surface area contributed by atoms with E-state index < -0.39 is 0 Å². The van der Waals surface area contributed by atoms with Crippen molar-refractivity contribution in [2.24, 2.45) is 0 Å². The average Bonchev–Trinajstić information content (AvgIpc) is 2.82. The zero-order valence-corrected chi connectivity index (χ0v) is 11.7. The van der Waals surface area contributed by atoms with Crippen LogP contribution >= 0.6 is 0 Å². The van der Waals surface area contributed by atoms with Crippen molar-refractivity contribution in [2.75, 3.05) is 19.8 Å². The van der Waals surface area contributed by atoms with Gasteiger partial charge in [-0.15, -0.1) is 0 Å². The van der Waals surface area contributed by atoms with Gasteiger partial charge in [0.25, 0.3) is 0 Å². The number of esters is 1. The molecule has 1 saturated heterocycles. The number of carbonyl (C=O) groups is 1. The molecule has 1 fully saturated rings. The second kappa shape index (κ2) is 6.21. The van der Waals surface area contributed by atoms with Gasteiger partial charge in [-0.3, -0.25) is 4.90 Å². The minimum absolute atomic E-state index is 0.206. The summed E-state index contributed by atoms with van der Waals surface area (Å²) in [5.41, 5.74) is 0.521. The van der Waals surface area contributed by atoms with Crippen molar-refractivity contribution < 1.29 is 18.7 Å². The van der Waals surface area contributed by atoms with Crippen LogP contribution < -0.4 is 0 Å². The van der Waals surface area contributed by atoms with Crippen LogP contribution in [-0.4, -0.2) is 42.8 Å². The van der Waals surface area contributed by atoms with Crippen molar-refractivity contribution in [2.45, 2.75) is 39.5 Å². The number of hydrogen-bond acceptors (Lipinski definition) is 5. The third kappa shape index (κ3) is 3.36. The van der Waals surface area contributed by atoms with Crippen molar-refractivity contribution in [1.82, 2.24) is 4.90 Å².